The van der Waals surface area contributed by atoms with E-state index in [2.05, 4.69) is 10.3 Å². The minimum atomic E-state index is -0.503. The molecule has 0 bridgehead atoms. The van der Waals surface area contributed by atoms with Crippen molar-refractivity contribution in [3.05, 3.63) is 28.4 Å². The van der Waals surface area contributed by atoms with E-state index in [1.807, 2.05) is 0 Å². The molecule has 1 aliphatic carbocycles. The molecule has 1 aliphatic heterocycles. The van der Waals surface area contributed by atoms with Gasteiger partial charge in [0.25, 0.3) is 0 Å². The highest BCUT2D eigenvalue weighted by Crippen LogP contribution is 2.49. The van der Waals surface area contributed by atoms with Crippen molar-refractivity contribution >= 4 is 5.82 Å². The van der Waals surface area contributed by atoms with Crippen molar-refractivity contribution in [2.75, 3.05) is 13.1 Å². The smallest absolute Gasteiger partial charge is 0.363 e. The average molecular weight is 263 g/mol. The van der Waals surface area contributed by atoms with Crippen molar-refractivity contribution in [2.45, 2.75) is 31.8 Å². The van der Waals surface area contributed by atoms with Gasteiger partial charge in [-0.3, -0.25) is 0 Å². The van der Waals surface area contributed by atoms with E-state index in [9.17, 15) is 10.1 Å². The summed E-state index contributed by atoms with van der Waals surface area (Å²) in [5.41, 5.74) is 0.476. The van der Waals surface area contributed by atoms with Gasteiger partial charge in [-0.1, -0.05) is 0 Å². The minimum Gasteiger partial charge on any atom is -0.486 e. The van der Waals surface area contributed by atoms with Gasteiger partial charge in [0, 0.05) is 6.07 Å². The van der Waals surface area contributed by atoms with E-state index in [1.165, 1.54) is 25.1 Å². The molecule has 1 spiro atoms. The Labute approximate surface area is 111 Å². The molecule has 2 heterocycles. The highest BCUT2D eigenvalue weighted by Gasteiger charge is 2.45. The lowest BCUT2D eigenvalue weighted by Crippen LogP contribution is -2.49. The first-order valence-electron chi connectivity index (χ1n) is 6.65. The van der Waals surface area contributed by atoms with Gasteiger partial charge >= 0.3 is 5.82 Å². The predicted octanol–water partition coefficient (Wildman–Crippen LogP) is 1.90. The number of rotatable bonds is 3. The third-order valence-electron chi connectivity index (χ3n) is 4.20. The lowest BCUT2D eigenvalue weighted by atomic mass is 9.62. The van der Waals surface area contributed by atoms with Crippen LogP contribution in [0.2, 0.25) is 0 Å². The lowest BCUT2D eigenvalue weighted by molar-refractivity contribution is -0.389. The quantitative estimate of drug-likeness (QED) is 0.665. The number of hydrogen-bond acceptors (Lipinski definition) is 5. The van der Waals surface area contributed by atoms with Crippen LogP contribution in [-0.2, 0) is 0 Å². The SMILES string of the molecule is O=[N+]([O-])c1ccc(OC2CC3(CCNCC3)C2)cn1. The van der Waals surface area contributed by atoms with E-state index in [4.69, 9.17) is 4.74 Å². The van der Waals surface area contributed by atoms with Crippen molar-refractivity contribution in [1.29, 1.82) is 0 Å². The van der Waals surface area contributed by atoms with Crippen molar-refractivity contribution in [3.63, 3.8) is 0 Å². The van der Waals surface area contributed by atoms with Crippen molar-refractivity contribution in [3.8, 4) is 5.75 Å². The Morgan fingerprint density at radius 1 is 1.37 bits per heavy atom. The topological polar surface area (TPSA) is 77.3 Å². The van der Waals surface area contributed by atoms with E-state index in [0.29, 0.717) is 11.2 Å². The van der Waals surface area contributed by atoms with Gasteiger partial charge in [-0.2, -0.15) is 0 Å². The van der Waals surface area contributed by atoms with Crippen LogP contribution in [-0.4, -0.2) is 29.1 Å². The summed E-state index contributed by atoms with van der Waals surface area (Å²) in [7, 11) is 0. The van der Waals surface area contributed by atoms with Crippen LogP contribution in [0, 0.1) is 15.5 Å². The number of nitrogens with zero attached hydrogens (tertiary/aromatic N) is 2. The standard InChI is InChI=1S/C13H17N3O3/c17-16(18)12-2-1-10(9-15-12)19-11-7-13(8-11)3-5-14-6-4-13/h1-2,9,11,14H,3-8H2. The molecular formula is C13H17N3O3. The maximum absolute atomic E-state index is 10.5. The summed E-state index contributed by atoms with van der Waals surface area (Å²) in [6.07, 6.45) is 6.31. The first-order chi connectivity index (χ1) is 9.17. The summed E-state index contributed by atoms with van der Waals surface area (Å²) in [5.74, 6) is 0.482. The molecule has 102 valence electrons. The molecule has 0 radical (unpaired) electrons. The van der Waals surface area contributed by atoms with E-state index in [1.54, 1.807) is 6.07 Å². The van der Waals surface area contributed by atoms with Crippen LogP contribution in [0.15, 0.2) is 18.3 Å². The molecular weight excluding hydrogens is 246 g/mol. The highest BCUT2D eigenvalue weighted by molar-refractivity contribution is 5.27. The molecule has 3 rings (SSSR count). The molecule has 1 saturated heterocycles. The van der Waals surface area contributed by atoms with Crippen LogP contribution in [0.5, 0.6) is 5.75 Å². The maximum Gasteiger partial charge on any atom is 0.363 e. The molecule has 2 aliphatic rings. The minimum absolute atomic E-state index is 0.143. The van der Waals surface area contributed by atoms with Crippen molar-refractivity contribution in [2.24, 2.45) is 5.41 Å². The molecule has 1 N–H and O–H groups in total. The second kappa shape index (κ2) is 4.77. The van der Waals surface area contributed by atoms with E-state index in [0.717, 1.165) is 25.9 Å². The van der Waals surface area contributed by atoms with Gasteiger partial charge in [-0.15, -0.1) is 0 Å². The van der Waals surface area contributed by atoms with Crippen LogP contribution in [0.25, 0.3) is 0 Å². The third kappa shape index (κ3) is 2.53. The Hall–Kier alpha value is -1.69. The Morgan fingerprint density at radius 3 is 2.68 bits per heavy atom. The fourth-order valence-corrected chi connectivity index (χ4v) is 3.10. The molecule has 0 atom stereocenters. The number of hydrogen-bond donors (Lipinski definition) is 1. The van der Waals surface area contributed by atoms with Crippen LogP contribution < -0.4 is 10.1 Å². The van der Waals surface area contributed by atoms with Crippen LogP contribution in [0.4, 0.5) is 5.82 Å². The predicted molar refractivity (Wildman–Crippen MR) is 69.1 cm³/mol. The second-order valence-electron chi connectivity index (χ2n) is 5.51. The van der Waals surface area contributed by atoms with Crippen molar-refractivity contribution < 1.29 is 9.66 Å². The zero-order valence-electron chi connectivity index (χ0n) is 10.7. The largest absolute Gasteiger partial charge is 0.486 e. The first kappa shape index (κ1) is 12.3. The summed E-state index contributed by atoms with van der Waals surface area (Å²) in [5, 5.41) is 13.9. The van der Waals surface area contributed by atoms with Crippen LogP contribution in [0.3, 0.4) is 0 Å². The first-order valence-corrected chi connectivity index (χ1v) is 6.65. The molecule has 0 unspecified atom stereocenters. The average Bonchev–Trinajstić information content (AvgIpc) is 2.39. The molecule has 2 fully saturated rings. The molecule has 1 aromatic rings. The Kier molecular flexibility index (Phi) is 3.10. The molecule has 19 heavy (non-hydrogen) atoms. The summed E-state index contributed by atoms with van der Waals surface area (Å²) in [6.45, 7) is 2.21. The monoisotopic (exact) mass is 263 g/mol. The number of nitro groups is 1. The molecule has 1 aromatic heterocycles. The van der Waals surface area contributed by atoms with Crippen LogP contribution in [0.1, 0.15) is 25.7 Å². The van der Waals surface area contributed by atoms with Gasteiger partial charge in [0.1, 0.15) is 0 Å². The number of pyridine rings is 1. The van der Waals surface area contributed by atoms with Gasteiger partial charge in [-0.25, -0.2) is 0 Å². The fraction of sp³-hybridized carbons (Fsp3) is 0.615. The zero-order chi connectivity index (χ0) is 13.3. The van der Waals surface area contributed by atoms with Gasteiger partial charge in [0.15, 0.2) is 11.9 Å². The van der Waals surface area contributed by atoms with Crippen LogP contribution >= 0.6 is 0 Å². The Bertz CT molecular complexity index is 461. The normalized spacial score (nSPS) is 21.9. The summed E-state index contributed by atoms with van der Waals surface area (Å²) >= 11 is 0. The second-order valence-corrected chi connectivity index (χ2v) is 5.51. The number of aromatic nitrogens is 1. The molecule has 0 amide bonds. The van der Waals surface area contributed by atoms with Gasteiger partial charge in [0.05, 0.1) is 6.10 Å². The third-order valence-corrected chi connectivity index (χ3v) is 4.20. The number of nitrogens with one attached hydrogen (secondary N) is 1. The summed E-state index contributed by atoms with van der Waals surface area (Å²) in [6, 6.07) is 3.01. The van der Waals surface area contributed by atoms with Gasteiger partial charge < -0.3 is 20.2 Å². The van der Waals surface area contributed by atoms with E-state index < -0.39 is 4.92 Å². The maximum atomic E-state index is 10.5. The Balaban J connectivity index is 1.54. The molecule has 6 heteroatoms. The summed E-state index contributed by atoms with van der Waals surface area (Å²) < 4.78 is 5.81. The van der Waals surface area contributed by atoms with Gasteiger partial charge in [0.2, 0.25) is 0 Å². The highest BCUT2D eigenvalue weighted by atomic mass is 16.6. The summed E-state index contributed by atoms with van der Waals surface area (Å²) in [4.78, 5) is 13.8. The fourth-order valence-electron chi connectivity index (χ4n) is 3.10. The number of ether oxygens (including phenoxy) is 1. The Morgan fingerprint density at radius 2 is 2.11 bits per heavy atom. The molecule has 1 saturated carbocycles. The molecule has 6 nitrogen and oxygen atoms in total. The molecule has 0 aromatic carbocycles. The van der Waals surface area contributed by atoms with Crippen molar-refractivity contribution in [1.82, 2.24) is 10.3 Å². The lowest BCUT2D eigenvalue weighted by Gasteiger charge is -2.49. The van der Waals surface area contributed by atoms with E-state index >= 15 is 0 Å². The van der Waals surface area contributed by atoms with Gasteiger partial charge in [-0.05, 0) is 60.2 Å². The zero-order valence-corrected chi connectivity index (χ0v) is 10.7. The van der Waals surface area contributed by atoms with E-state index in [-0.39, 0.29) is 11.9 Å². The number of piperidine rings is 1.